The van der Waals surface area contributed by atoms with E-state index in [1.165, 1.54) is 6.07 Å². The van der Waals surface area contributed by atoms with Crippen LogP contribution >= 0.6 is 0 Å². The summed E-state index contributed by atoms with van der Waals surface area (Å²) in [6, 6.07) is 20.2. The minimum atomic E-state index is -0.371. The lowest BCUT2D eigenvalue weighted by molar-refractivity contribution is 0.0950. The molecule has 4 rings (SSSR count). The molecule has 8 heteroatoms. The largest absolute Gasteiger partial charge is 0.444 e. The number of carbonyl (C=O) groups excluding carboxylic acids is 2. The Morgan fingerprint density at radius 3 is 2.43 bits per heavy atom. The first-order valence-corrected chi connectivity index (χ1v) is 11.2. The van der Waals surface area contributed by atoms with E-state index in [0.717, 1.165) is 16.8 Å². The van der Waals surface area contributed by atoms with E-state index in [-0.39, 0.29) is 24.3 Å². The topological polar surface area (TPSA) is 96.3 Å². The molecule has 0 bridgehead atoms. The van der Waals surface area contributed by atoms with Crippen molar-refractivity contribution in [2.75, 3.05) is 11.9 Å². The lowest BCUT2D eigenvalue weighted by atomic mass is 10.1. The molecule has 35 heavy (non-hydrogen) atoms. The Hall–Kier alpha value is -4.46. The maximum Gasteiger partial charge on any atom is 0.319 e. The molecule has 0 atom stereocenters. The minimum Gasteiger partial charge on any atom is -0.444 e. The zero-order valence-corrected chi connectivity index (χ0v) is 19.2. The van der Waals surface area contributed by atoms with Crippen LogP contribution in [0, 0.1) is 12.7 Å². The number of hydrogen-bond acceptors (Lipinski definition) is 4. The van der Waals surface area contributed by atoms with Crippen molar-refractivity contribution >= 4 is 17.6 Å². The Morgan fingerprint density at radius 2 is 1.69 bits per heavy atom. The molecule has 4 aromatic rings. The first-order chi connectivity index (χ1) is 17.0. The molecule has 1 heterocycles. The highest BCUT2D eigenvalue weighted by Gasteiger charge is 2.09. The van der Waals surface area contributed by atoms with Gasteiger partial charge >= 0.3 is 6.03 Å². The summed E-state index contributed by atoms with van der Waals surface area (Å²) in [6.45, 7) is 2.48. The number of nitrogens with one attached hydrogen (secondary N) is 3. The van der Waals surface area contributed by atoms with Crippen molar-refractivity contribution in [2.24, 2.45) is 0 Å². The van der Waals surface area contributed by atoms with Gasteiger partial charge in [-0.1, -0.05) is 35.9 Å². The van der Waals surface area contributed by atoms with E-state index in [9.17, 15) is 14.0 Å². The molecule has 0 unspecified atom stereocenters. The van der Waals surface area contributed by atoms with Crippen LogP contribution in [-0.2, 0) is 13.0 Å². The van der Waals surface area contributed by atoms with Crippen LogP contribution in [0.3, 0.4) is 0 Å². The van der Waals surface area contributed by atoms with E-state index in [4.69, 9.17) is 4.42 Å². The lowest BCUT2D eigenvalue weighted by Gasteiger charge is -2.09. The number of benzene rings is 3. The smallest absolute Gasteiger partial charge is 0.319 e. The number of oxazole rings is 1. The number of aryl methyl sites for hydroxylation is 1. The lowest BCUT2D eigenvalue weighted by Crippen LogP contribution is -2.30. The van der Waals surface area contributed by atoms with Gasteiger partial charge < -0.3 is 20.4 Å². The highest BCUT2D eigenvalue weighted by atomic mass is 19.1. The Kier molecular flexibility index (Phi) is 7.52. The second-order valence-electron chi connectivity index (χ2n) is 7.99. The van der Waals surface area contributed by atoms with Gasteiger partial charge in [0, 0.05) is 41.9 Å². The van der Waals surface area contributed by atoms with Gasteiger partial charge in [0.25, 0.3) is 5.91 Å². The van der Waals surface area contributed by atoms with Crippen molar-refractivity contribution in [1.82, 2.24) is 15.6 Å². The van der Waals surface area contributed by atoms with Gasteiger partial charge in [-0.25, -0.2) is 14.2 Å². The molecule has 7 nitrogen and oxygen atoms in total. The number of urea groups is 1. The molecule has 0 aliphatic heterocycles. The van der Waals surface area contributed by atoms with Crippen LogP contribution in [0.5, 0.6) is 0 Å². The van der Waals surface area contributed by atoms with Crippen LogP contribution in [0.1, 0.15) is 27.2 Å². The van der Waals surface area contributed by atoms with E-state index in [1.54, 1.807) is 48.7 Å². The second-order valence-corrected chi connectivity index (χ2v) is 7.99. The Bertz CT molecular complexity index is 1300. The molecule has 3 aromatic carbocycles. The second kappa shape index (κ2) is 11.1. The fourth-order valence-corrected chi connectivity index (χ4v) is 3.35. The van der Waals surface area contributed by atoms with Crippen LogP contribution < -0.4 is 16.0 Å². The molecule has 3 N–H and O–H groups in total. The van der Waals surface area contributed by atoms with Gasteiger partial charge in [-0.15, -0.1) is 0 Å². The van der Waals surface area contributed by atoms with Crippen LogP contribution in [-0.4, -0.2) is 23.5 Å². The molecule has 0 fully saturated rings. The third kappa shape index (κ3) is 6.54. The van der Waals surface area contributed by atoms with Crippen molar-refractivity contribution in [3.8, 4) is 11.5 Å². The van der Waals surface area contributed by atoms with E-state index < -0.39 is 0 Å². The molecule has 0 aliphatic rings. The summed E-state index contributed by atoms with van der Waals surface area (Å²) in [6.07, 6.45) is 2.11. The fraction of sp³-hybridized carbons (Fsp3) is 0.148. The molecule has 0 saturated heterocycles. The van der Waals surface area contributed by atoms with Crippen LogP contribution in [0.15, 0.2) is 83.5 Å². The van der Waals surface area contributed by atoms with Crippen LogP contribution in [0.25, 0.3) is 11.5 Å². The van der Waals surface area contributed by atoms with Crippen molar-refractivity contribution in [1.29, 1.82) is 0 Å². The summed E-state index contributed by atoms with van der Waals surface area (Å²) in [4.78, 5) is 28.9. The summed E-state index contributed by atoms with van der Waals surface area (Å²) in [5.74, 6) is -0.155. The number of nitrogens with zero attached hydrogens (tertiary/aromatic N) is 1. The quantitative estimate of drug-likeness (QED) is 0.333. The van der Waals surface area contributed by atoms with Gasteiger partial charge in [-0.3, -0.25) is 4.79 Å². The third-order valence-corrected chi connectivity index (χ3v) is 5.32. The first kappa shape index (κ1) is 23.7. The highest BCUT2D eigenvalue weighted by molar-refractivity contribution is 5.95. The average molecular weight is 473 g/mol. The summed E-state index contributed by atoms with van der Waals surface area (Å²) in [5, 5.41) is 8.17. The Labute approximate surface area is 202 Å². The van der Waals surface area contributed by atoms with Crippen molar-refractivity contribution in [3.63, 3.8) is 0 Å². The molecule has 3 amide bonds. The third-order valence-electron chi connectivity index (χ3n) is 5.32. The molecule has 0 radical (unpaired) electrons. The number of aromatic nitrogens is 1. The monoisotopic (exact) mass is 472 g/mol. The number of halogens is 1. The standard InChI is InChI=1S/C27H25FN4O3/c1-18-6-8-20(9-7-18)26-31-23(17-35-26)14-15-29-27(34)32-22-12-10-19(11-13-22)25(33)30-16-21-4-2-3-5-24(21)28/h2-13,17H,14-16H2,1H3,(H,30,33)(H2,29,32,34). The first-order valence-electron chi connectivity index (χ1n) is 11.2. The van der Waals surface area contributed by atoms with E-state index in [0.29, 0.717) is 35.7 Å². The predicted octanol–water partition coefficient (Wildman–Crippen LogP) is 5.08. The highest BCUT2D eigenvalue weighted by Crippen LogP contribution is 2.19. The molecule has 0 spiro atoms. The van der Waals surface area contributed by atoms with Gasteiger partial charge in [-0.2, -0.15) is 0 Å². The molecule has 178 valence electrons. The Morgan fingerprint density at radius 1 is 0.943 bits per heavy atom. The molecule has 0 saturated carbocycles. The number of anilines is 1. The summed E-state index contributed by atoms with van der Waals surface area (Å²) in [5.41, 5.74) is 4.16. The van der Waals surface area contributed by atoms with Crippen molar-refractivity contribution in [2.45, 2.75) is 19.9 Å². The molecule has 1 aromatic heterocycles. The summed E-state index contributed by atoms with van der Waals surface area (Å²) in [7, 11) is 0. The molecular weight excluding hydrogens is 447 g/mol. The summed E-state index contributed by atoms with van der Waals surface area (Å²) >= 11 is 0. The van der Waals surface area contributed by atoms with Gasteiger partial charge in [0.05, 0.1) is 5.69 Å². The van der Waals surface area contributed by atoms with Gasteiger partial charge in [-0.05, 0) is 49.4 Å². The molecular formula is C27H25FN4O3. The number of amides is 3. The molecule has 0 aliphatic carbocycles. The Balaban J connectivity index is 1.21. The van der Waals surface area contributed by atoms with E-state index in [2.05, 4.69) is 20.9 Å². The summed E-state index contributed by atoms with van der Waals surface area (Å²) < 4.78 is 19.2. The maximum absolute atomic E-state index is 13.7. The van der Waals surface area contributed by atoms with Crippen LogP contribution in [0.2, 0.25) is 0 Å². The van der Waals surface area contributed by atoms with Gasteiger partial charge in [0.1, 0.15) is 12.1 Å². The van der Waals surface area contributed by atoms with Gasteiger partial charge in [0.15, 0.2) is 0 Å². The maximum atomic E-state index is 13.7. The SMILES string of the molecule is Cc1ccc(-c2nc(CCNC(=O)Nc3ccc(C(=O)NCc4ccccc4F)cc3)co2)cc1. The van der Waals surface area contributed by atoms with Gasteiger partial charge in [0.2, 0.25) is 5.89 Å². The number of carbonyl (C=O) groups is 2. The fourth-order valence-electron chi connectivity index (χ4n) is 3.35. The minimum absolute atomic E-state index is 0.0892. The van der Waals surface area contributed by atoms with E-state index in [1.807, 2.05) is 31.2 Å². The normalized spacial score (nSPS) is 10.6. The van der Waals surface area contributed by atoms with Crippen molar-refractivity contribution in [3.05, 3.63) is 107 Å². The van der Waals surface area contributed by atoms with Crippen molar-refractivity contribution < 1.29 is 18.4 Å². The number of hydrogen-bond donors (Lipinski definition) is 3. The zero-order valence-electron chi connectivity index (χ0n) is 19.2. The predicted molar refractivity (Wildman–Crippen MR) is 131 cm³/mol. The zero-order chi connectivity index (χ0) is 24.6. The van der Waals surface area contributed by atoms with E-state index >= 15 is 0 Å². The number of rotatable bonds is 8. The average Bonchev–Trinajstić information content (AvgIpc) is 3.33. The van der Waals surface area contributed by atoms with Crippen LogP contribution in [0.4, 0.5) is 14.9 Å².